The third-order valence-electron chi connectivity index (χ3n) is 4.47. The molecule has 3 rings (SSSR count). The molecule has 3 aliphatic rings. The van der Waals surface area contributed by atoms with Gasteiger partial charge in [0.1, 0.15) is 5.78 Å². The fourth-order valence-electron chi connectivity index (χ4n) is 3.74. The van der Waals surface area contributed by atoms with Gasteiger partial charge in [0, 0.05) is 12.3 Å². The van der Waals surface area contributed by atoms with E-state index in [0.29, 0.717) is 17.1 Å². The quantitative estimate of drug-likeness (QED) is 0.519. The normalized spacial score (nSPS) is 47.8. The highest BCUT2D eigenvalue weighted by atomic mass is 16.1. The number of hydrogen-bond acceptors (Lipinski definition) is 1. The summed E-state index contributed by atoms with van der Waals surface area (Å²) in [5, 5.41) is 0. The minimum Gasteiger partial charge on any atom is -0.299 e. The summed E-state index contributed by atoms with van der Waals surface area (Å²) >= 11 is 0. The lowest BCUT2D eigenvalue weighted by atomic mass is 9.46. The lowest BCUT2D eigenvalue weighted by molar-refractivity contribution is -0.151. The molecular weight excluding hydrogens is 160 g/mol. The number of rotatable bonds is 0. The van der Waals surface area contributed by atoms with Gasteiger partial charge in [0.15, 0.2) is 0 Å². The van der Waals surface area contributed by atoms with Crippen LogP contribution in [0.15, 0.2) is 12.2 Å². The minimum absolute atomic E-state index is 0.419. The van der Waals surface area contributed by atoms with Gasteiger partial charge in [-0.25, -0.2) is 0 Å². The Hall–Kier alpha value is -0.590. The zero-order valence-electron chi connectivity index (χ0n) is 7.96. The van der Waals surface area contributed by atoms with Crippen molar-refractivity contribution in [2.45, 2.75) is 38.5 Å². The van der Waals surface area contributed by atoms with E-state index in [1.165, 1.54) is 25.7 Å². The number of allylic oxidation sites excluding steroid dienone is 2. The summed E-state index contributed by atoms with van der Waals surface area (Å²) in [7, 11) is 0. The second kappa shape index (κ2) is 2.46. The maximum absolute atomic E-state index is 11.5. The molecule has 2 fully saturated rings. The Morgan fingerprint density at radius 2 is 2.31 bits per heavy atom. The van der Waals surface area contributed by atoms with E-state index >= 15 is 0 Å². The van der Waals surface area contributed by atoms with E-state index in [9.17, 15) is 4.79 Å². The van der Waals surface area contributed by atoms with Crippen molar-refractivity contribution in [2.75, 3.05) is 0 Å². The molecule has 1 spiro atoms. The molecule has 0 aromatic heterocycles. The molecule has 0 aromatic carbocycles. The second-order valence-electron chi connectivity index (χ2n) is 4.94. The summed E-state index contributed by atoms with van der Waals surface area (Å²) in [5.74, 6) is 1.71. The topological polar surface area (TPSA) is 17.1 Å². The molecular formula is C12H16O. The van der Waals surface area contributed by atoms with Crippen LogP contribution in [0.5, 0.6) is 0 Å². The van der Waals surface area contributed by atoms with E-state index in [1.54, 1.807) is 0 Å². The van der Waals surface area contributed by atoms with Crippen LogP contribution in [0.3, 0.4) is 0 Å². The van der Waals surface area contributed by atoms with Crippen LogP contribution in [0, 0.1) is 17.3 Å². The van der Waals surface area contributed by atoms with Gasteiger partial charge in [-0.15, -0.1) is 0 Å². The summed E-state index contributed by atoms with van der Waals surface area (Å²) in [6, 6.07) is 0. The lowest BCUT2D eigenvalue weighted by Crippen LogP contribution is -2.55. The smallest absolute Gasteiger partial charge is 0.137 e. The molecule has 1 nitrogen and oxygen atoms in total. The molecule has 0 heterocycles. The van der Waals surface area contributed by atoms with Gasteiger partial charge >= 0.3 is 0 Å². The van der Waals surface area contributed by atoms with E-state index in [1.807, 2.05) is 0 Å². The van der Waals surface area contributed by atoms with E-state index in [0.717, 1.165) is 18.8 Å². The van der Waals surface area contributed by atoms with Crippen molar-refractivity contribution in [3.63, 3.8) is 0 Å². The Bertz CT molecular complexity index is 279. The van der Waals surface area contributed by atoms with Crippen molar-refractivity contribution >= 4 is 5.78 Å². The first-order valence-electron chi connectivity index (χ1n) is 5.52. The van der Waals surface area contributed by atoms with Crippen LogP contribution in [0.4, 0.5) is 0 Å². The van der Waals surface area contributed by atoms with Crippen molar-refractivity contribution < 1.29 is 4.79 Å². The van der Waals surface area contributed by atoms with Crippen LogP contribution in [-0.2, 0) is 4.79 Å². The van der Waals surface area contributed by atoms with Crippen molar-refractivity contribution in [1.29, 1.82) is 0 Å². The highest BCUT2D eigenvalue weighted by molar-refractivity contribution is 5.89. The zero-order chi connectivity index (χ0) is 8.89. The second-order valence-corrected chi connectivity index (χ2v) is 4.94. The molecule has 70 valence electrons. The molecule has 0 saturated heterocycles. The Morgan fingerprint density at radius 1 is 1.38 bits per heavy atom. The Morgan fingerprint density at radius 3 is 3.15 bits per heavy atom. The first kappa shape index (κ1) is 7.78. The van der Waals surface area contributed by atoms with E-state index in [2.05, 4.69) is 12.2 Å². The Kier molecular flexibility index (Phi) is 1.47. The molecule has 0 amide bonds. The molecule has 1 heteroatoms. The van der Waals surface area contributed by atoms with Gasteiger partial charge in [0.2, 0.25) is 0 Å². The zero-order valence-corrected chi connectivity index (χ0v) is 7.96. The number of carbonyl (C=O) groups excluding carboxylic acids is 1. The first-order chi connectivity index (χ1) is 6.33. The van der Waals surface area contributed by atoms with Crippen molar-refractivity contribution in [3.05, 3.63) is 12.2 Å². The van der Waals surface area contributed by atoms with Gasteiger partial charge in [0.05, 0.1) is 0 Å². The standard InChI is InChI=1S/C12H16O/c13-11-8-12-7-2-1-4-9(12)5-3-6-10(11)12/h3,5,9-10H,1-2,4,6-8H2/t9-,10-,12-/m1/s1. The molecule has 0 N–H and O–H groups in total. The minimum atomic E-state index is 0.419. The van der Waals surface area contributed by atoms with Gasteiger partial charge in [-0.2, -0.15) is 0 Å². The predicted octanol–water partition coefficient (Wildman–Crippen LogP) is 2.71. The fourth-order valence-corrected chi connectivity index (χ4v) is 3.74. The number of carbonyl (C=O) groups is 1. The molecule has 0 aromatic rings. The average Bonchev–Trinajstić information content (AvgIpc) is 2.15. The molecule has 2 saturated carbocycles. The van der Waals surface area contributed by atoms with Gasteiger partial charge in [-0.3, -0.25) is 4.79 Å². The van der Waals surface area contributed by atoms with Gasteiger partial charge < -0.3 is 0 Å². The molecule has 13 heavy (non-hydrogen) atoms. The van der Waals surface area contributed by atoms with Gasteiger partial charge in [0.25, 0.3) is 0 Å². The molecule has 0 aliphatic heterocycles. The molecule has 0 bridgehead atoms. The number of ketones is 1. The van der Waals surface area contributed by atoms with E-state index < -0.39 is 0 Å². The molecule has 3 atom stereocenters. The van der Waals surface area contributed by atoms with Crippen LogP contribution in [0.1, 0.15) is 38.5 Å². The van der Waals surface area contributed by atoms with Gasteiger partial charge in [-0.05, 0) is 30.6 Å². The molecule has 0 radical (unpaired) electrons. The SMILES string of the molecule is O=C1C[C@]23CCCC[C@@H]2C=CC[C@H]13. The van der Waals surface area contributed by atoms with E-state index in [-0.39, 0.29) is 0 Å². The lowest BCUT2D eigenvalue weighted by Gasteiger charge is -2.56. The maximum Gasteiger partial charge on any atom is 0.137 e. The van der Waals surface area contributed by atoms with E-state index in [4.69, 9.17) is 0 Å². The highest BCUT2D eigenvalue weighted by Gasteiger charge is 2.57. The maximum atomic E-state index is 11.5. The summed E-state index contributed by atoms with van der Waals surface area (Å²) in [5.41, 5.74) is 0.448. The number of hydrogen-bond donors (Lipinski definition) is 0. The molecule has 3 aliphatic carbocycles. The molecule has 0 unspecified atom stereocenters. The number of Topliss-reactive ketones (excluding diaryl/α,β-unsaturated/α-hetero) is 1. The van der Waals surface area contributed by atoms with Crippen LogP contribution >= 0.6 is 0 Å². The Balaban J connectivity index is 1.96. The predicted molar refractivity (Wildman–Crippen MR) is 51.3 cm³/mol. The van der Waals surface area contributed by atoms with Crippen molar-refractivity contribution in [3.8, 4) is 0 Å². The fraction of sp³-hybridized carbons (Fsp3) is 0.750. The third kappa shape index (κ3) is 0.853. The third-order valence-corrected chi connectivity index (χ3v) is 4.47. The highest BCUT2D eigenvalue weighted by Crippen LogP contribution is 2.60. The van der Waals surface area contributed by atoms with Crippen LogP contribution in [-0.4, -0.2) is 5.78 Å². The van der Waals surface area contributed by atoms with Crippen LogP contribution in [0.25, 0.3) is 0 Å². The monoisotopic (exact) mass is 176 g/mol. The Labute approximate surface area is 79.2 Å². The van der Waals surface area contributed by atoms with Crippen molar-refractivity contribution in [1.82, 2.24) is 0 Å². The average molecular weight is 176 g/mol. The van der Waals surface area contributed by atoms with Crippen LogP contribution < -0.4 is 0 Å². The summed E-state index contributed by atoms with van der Waals surface area (Å²) in [6.45, 7) is 0. The first-order valence-corrected chi connectivity index (χ1v) is 5.52. The van der Waals surface area contributed by atoms with Crippen molar-refractivity contribution in [2.24, 2.45) is 17.3 Å². The summed E-state index contributed by atoms with van der Waals surface area (Å²) < 4.78 is 0. The summed E-state index contributed by atoms with van der Waals surface area (Å²) in [6.07, 6.45) is 11.9. The van der Waals surface area contributed by atoms with Gasteiger partial charge in [-0.1, -0.05) is 25.0 Å². The summed E-state index contributed by atoms with van der Waals surface area (Å²) in [4.78, 5) is 11.5. The largest absolute Gasteiger partial charge is 0.299 e. The van der Waals surface area contributed by atoms with Crippen LogP contribution in [0.2, 0.25) is 0 Å².